The smallest absolute Gasteiger partial charge is 0.331 e. The first kappa shape index (κ1) is 18.2. The number of aromatic amines is 1. The molecule has 7 heteroatoms. The van der Waals surface area contributed by atoms with Crippen LogP contribution in [0.2, 0.25) is 0 Å². The molecule has 27 heavy (non-hydrogen) atoms. The van der Waals surface area contributed by atoms with Crippen LogP contribution in [0.25, 0.3) is 0 Å². The fraction of sp³-hybridized carbons (Fsp3) is 0.150. The van der Waals surface area contributed by atoms with E-state index in [-0.39, 0.29) is 12.1 Å². The van der Waals surface area contributed by atoms with Crippen molar-refractivity contribution in [2.75, 3.05) is 19.0 Å². The van der Waals surface area contributed by atoms with Crippen LogP contribution in [0.4, 0.5) is 11.4 Å². The molecule has 1 heterocycles. The average molecular weight is 364 g/mol. The number of hydrogen-bond donors (Lipinski definition) is 2. The summed E-state index contributed by atoms with van der Waals surface area (Å²) in [4.78, 5) is 32.6. The molecule has 0 spiro atoms. The highest BCUT2D eigenvalue weighted by molar-refractivity contribution is 5.84. The molecule has 0 amide bonds. The highest BCUT2D eigenvalue weighted by Crippen LogP contribution is 2.18. The summed E-state index contributed by atoms with van der Waals surface area (Å²) in [7, 11) is 3.87. The SMILES string of the molecule is CN(C)c1ccc(N=Cc2c(O)n(Cc3ccccc3)c(=O)[nH]c2=O)cc1. The lowest BCUT2D eigenvalue weighted by atomic mass is 10.2. The van der Waals surface area contributed by atoms with Crippen molar-refractivity contribution in [2.24, 2.45) is 4.99 Å². The molecule has 0 bridgehead atoms. The Morgan fingerprint density at radius 2 is 1.74 bits per heavy atom. The summed E-state index contributed by atoms with van der Waals surface area (Å²) >= 11 is 0. The molecule has 0 radical (unpaired) electrons. The van der Waals surface area contributed by atoms with Gasteiger partial charge in [0.25, 0.3) is 5.56 Å². The van der Waals surface area contributed by atoms with Crippen molar-refractivity contribution >= 4 is 17.6 Å². The van der Waals surface area contributed by atoms with E-state index < -0.39 is 17.1 Å². The number of aromatic hydroxyl groups is 1. The highest BCUT2D eigenvalue weighted by atomic mass is 16.3. The monoisotopic (exact) mass is 364 g/mol. The molecule has 0 saturated heterocycles. The second-order valence-corrected chi connectivity index (χ2v) is 6.24. The van der Waals surface area contributed by atoms with Gasteiger partial charge in [-0.15, -0.1) is 0 Å². The third-order valence-corrected chi connectivity index (χ3v) is 4.10. The first-order chi connectivity index (χ1) is 13.0. The zero-order chi connectivity index (χ0) is 19.4. The van der Waals surface area contributed by atoms with Gasteiger partial charge in [-0.05, 0) is 29.8 Å². The van der Waals surface area contributed by atoms with E-state index in [1.165, 1.54) is 6.21 Å². The molecule has 0 fully saturated rings. The minimum absolute atomic E-state index is 0.0674. The summed E-state index contributed by atoms with van der Waals surface area (Å²) in [6.45, 7) is 0.140. The minimum Gasteiger partial charge on any atom is -0.494 e. The molecule has 0 saturated carbocycles. The molecule has 2 aromatic carbocycles. The van der Waals surface area contributed by atoms with Gasteiger partial charge in [-0.2, -0.15) is 0 Å². The van der Waals surface area contributed by atoms with E-state index in [9.17, 15) is 14.7 Å². The van der Waals surface area contributed by atoms with Crippen molar-refractivity contribution in [2.45, 2.75) is 6.54 Å². The Balaban J connectivity index is 1.94. The van der Waals surface area contributed by atoms with Crippen molar-refractivity contribution in [3.05, 3.63) is 86.6 Å². The Bertz CT molecular complexity index is 1070. The molecule has 7 nitrogen and oxygen atoms in total. The maximum atomic E-state index is 12.1. The molecule has 1 aromatic heterocycles. The number of aromatic nitrogens is 2. The fourth-order valence-corrected chi connectivity index (χ4v) is 2.58. The first-order valence-corrected chi connectivity index (χ1v) is 8.37. The average Bonchev–Trinajstić information content (AvgIpc) is 2.66. The van der Waals surface area contributed by atoms with Crippen molar-refractivity contribution in [1.82, 2.24) is 9.55 Å². The summed E-state index contributed by atoms with van der Waals surface area (Å²) in [6, 6.07) is 16.6. The molecular formula is C20H20N4O3. The number of nitrogens with zero attached hydrogens (tertiary/aromatic N) is 3. The van der Waals surface area contributed by atoms with Crippen LogP contribution in [0, 0.1) is 0 Å². The van der Waals surface area contributed by atoms with Crippen LogP contribution < -0.4 is 16.1 Å². The minimum atomic E-state index is -0.685. The topological polar surface area (TPSA) is 90.7 Å². The van der Waals surface area contributed by atoms with Crippen LogP contribution in [-0.2, 0) is 6.54 Å². The van der Waals surface area contributed by atoms with Crippen LogP contribution in [0.15, 0.2) is 69.2 Å². The molecule has 3 rings (SSSR count). The van der Waals surface area contributed by atoms with Gasteiger partial charge in [0, 0.05) is 26.0 Å². The third kappa shape index (κ3) is 4.14. The lowest BCUT2D eigenvalue weighted by Crippen LogP contribution is -2.32. The Morgan fingerprint density at radius 1 is 1.07 bits per heavy atom. The lowest BCUT2D eigenvalue weighted by molar-refractivity contribution is 0.408. The zero-order valence-electron chi connectivity index (χ0n) is 15.1. The fourth-order valence-electron chi connectivity index (χ4n) is 2.58. The van der Waals surface area contributed by atoms with Gasteiger partial charge in [-0.1, -0.05) is 30.3 Å². The summed E-state index contributed by atoms with van der Waals surface area (Å²) in [5, 5.41) is 10.5. The molecule has 0 aliphatic rings. The summed E-state index contributed by atoms with van der Waals surface area (Å²) in [5.41, 5.74) is 1.04. The van der Waals surface area contributed by atoms with Crippen molar-refractivity contribution in [1.29, 1.82) is 0 Å². The lowest BCUT2D eigenvalue weighted by Gasteiger charge is -2.11. The predicted molar refractivity (Wildman–Crippen MR) is 107 cm³/mol. The molecule has 138 valence electrons. The molecule has 2 N–H and O–H groups in total. The van der Waals surface area contributed by atoms with Crippen molar-refractivity contribution in [3.8, 4) is 5.88 Å². The number of hydrogen-bond acceptors (Lipinski definition) is 5. The summed E-state index contributed by atoms with van der Waals surface area (Å²) in [6.07, 6.45) is 1.26. The zero-order valence-corrected chi connectivity index (χ0v) is 15.1. The summed E-state index contributed by atoms with van der Waals surface area (Å²) in [5.74, 6) is -0.415. The standard InChI is InChI=1S/C20H20N4O3/c1-23(2)16-10-8-15(9-11-16)21-12-17-18(25)22-20(27)24(19(17)26)13-14-6-4-3-5-7-14/h3-12,26H,13H2,1-2H3,(H,22,25,27). The van der Waals surface area contributed by atoms with Crippen molar-refractivity contribution < 1.29 is 5.11 Å². The first-order valence-electron chi connectivity index (χ1n) is 8.37. The number of benzene rings is 2. The van der Waals surface area contributed by atoms with E-state index in [1.54, 1.807) is 12.1 Å². The maximum absolute atomic E-state index is 12.1. The van der Waals surface area contributed by atoms with Crippen LogP contribution >= 0.6 is 0 Å². The van der Waals surface area contributed by atoms with E-state index in [4.69, 9.17) is 0 Å². The molecular weight excluding hydrogens is 344 g/mol. The Kier molecular flexibility index (Phi) is 5.21. The van der Waals surface area contributed by atoms with Crippen LogP contribution in [0.3, 0.4) is 0 Å². The van der Waals surface area contributed by atoms with E-state index >= 15 is 0 Å². The van der Waals surface area contributed by atoms with Crippen LogP contribution in [-0.4, -0.2) is 35.0 Å². The molecule has 3 aromatic rings. The third-order valence-electron chi connectivity index (χ3n) is 4.10. The molecule has 0 aliphatic carbocycles. The van der Waals surface area contributed by atoms with E-state index in [0.29, 0.717) is 5.69 Å². The van der Waals surface area contributed by atoms with Crippen LogP contribution in [0.1, 0.15) is 11.1 Å². The maximum Gasteiger partial charge on any atom is 0.331 e. The van der Waals surface area contributed by atoms with E-state index in [0.717, 1.165) is 15.8 Å². The van der Waals surface area contributed by atoms with E-state index in [2.05, 4.69) is 9.98 Å². The Hall–Kier alpha value is -3.61. The van der Waals surface area contributed by atoms with Gasteiger partial charge in [-0.25, -0.2) is 4.79 Å². The number of H-pyrrole nitrogens is 1. The molecule has 0 atom stereocenters. The predicted octanol–water partition coefficient (Wildman–Crippen LogP) is 2.11. The second-order valence-electron chi connectivity index (χ2n) is 6.24. The Labute approximate surface area is 155 Å². The van der Waals surface area contributed by atoms with Gasteiger partial charge in [0.1, 0.15) is 5.56 Å². The number of rotatable bonds is 5. The van der Waals surface area contributed by atoms with Gasteiger partial charge in [0.2, 0.25) is 5.88 Å². The molecule has 0 unspecified atom stereocenters. The second kappa shape index (κ2) is 7.74. The highest BCUT2D eigenvalue weighted by Gasteiger charge is 2.13. The largest absolute Gasteiger partial charge is 0.494 e. The number of anilines is 1. The quantitative estimate of drug-likeness (QED) is 0.679. The Morgan fingerprint density at radius 3 is 2.37 bits per heavy atom. The van der Waals surface area contributed by atoms with Gasteiger partial charge in [0.05, 0.1) is 12.2 Å². The van der Waals surface area contributed by atoms with Gasteiger partial charge >= 0.3 is 5.69 Å². The number of aliphatic imine (C=N–C) groups is 1. The van der Waals surface area contributed by atoms with Crippen LogP contribution in [0.5, 0.6) is 5.88 Å². The van der Waals surface area contributed by atoms with Gasteiger partial charge in [0.15, 0.2) is 0 Å². The molecule has 0 aliphatic heterocycles. The van der Waals surface area contributed by atoms with Crippen molar-refractivity contribution in [3.63, 3.8) is 0 Å². The van der Waals surface area contributed by atoms with Gasteiger partial charge < -0.3 is 10.0 Å². The van der Waals surface area contributed by atoms with E-state index in [1.807, 2.05) is 61.5 Å². The number of nitrogens with one attached hydrogen (secondary N) is 1. The van der Waals surface area contributed by atoms with Gasteiger partial charge in [-0.3, -0.25) is 19.3 Å². The summed E-state index contributed by atoms with van der Waals surface area (Å²) < 4.78 is 1.10. The normalized spacial score (nSPS) is 11.0.